The highest BCUT2D eigenvalue weighted by Gasteiger charge is 2.07. The smallest absolute Gasteiger partial charge is 0.296 e. The minimum Gasteiger partial charge on any atom is -0.497 e. The highest BCUT2D eigenvalue weighted by atomic mass is 32.2. The first-order valence-corrected chi connectivity index (χ1v) is 7.07. The molecule has 0 radical (unpaired) electrons. The molecule has 7 heteroatoms. The summed E-state index contributed by atoms with van der Waals surface area (Å²) in [5, 5.41) is 12.4. The molecule has 2 aromatic rings. The van der Waals surface area contributed by atoms with E-state index in [9.17, 15) is 4.79 Å². The number of hydrogen-bond donors (Lipinski definition) is 0. The Kier molecular flexibility index (Phi) is 4.52. The van der Waals surface area contributed by atoms with Gasteiger partial charge in [-0.3, -0.25) is 4.79 Å². The maximum Gasteiger partial charge on any atom is 0.296 e. The largest absolute Gasteiger partial charge is 0.497 e. The van der Waals surface area contributed by atoms with Crippen molar-refractivity contribution >= 4 is 18.0 Å². The van der Waals surface area contributed by atoms with E-state index in [0.29, 0.717) is 10.9 Å². The van der Waals surface area contributed by atoms with Gasteiger partial charge in [0.25, 0.3) is 5.56 Å². The van der Waals surface area contributed by atoms with Crippen LogP contribution in [0, 0.1) is 6.92 Å². The molecule has 0 atom stereocenters. The van der Waals surface area contributed by atoms with Crippen LogP contribution in [0.2, 0.25) is 0 Å². The Labute approximate surface area is 120 Å². The van der Waals surface area contributed by atoms with Crippen LogP contribution in [0.15, 0.2) is 39.3 Å². The summed E-state index contributed by atoms with van der Waals surface area (Å²) >= 11 is 1.31. The number of ether oxygens (including phenoxy) is 1. The summed E-state index contributed by atoms with van der Waals surface area (Å²) in [6, 6.07) is 7.40. The number of benzene rings is 1. The second-order valence-electron chi connectivity index (χ2n) is 3.91. The molecular formula is C13H14N4O2S. The Bertz CT molecular complexity index is 697. The molecule has 0 amide bonds. The number of aromatic nitrogens is 3. The number of aryl methyl sites for hydroxylation is 1. The van der Waals surface area contributed by atoms with Crippen LogP contribution in [0.25, 0.3) is 0 Å². The molecule has 0 fully saturated rings. The lowest BCUT2D eigenvalue weighted by Crippen LogP contribution is -2.23. The molecule has 1 aromatic carbocycles. The Hall–Kier alpha value is -2.15. The van der Waals surface area contributed by atoms with Crippen LogP contribution in [-0.4, -0.2) is 34.5 Å². The zero-order chi connectivity index (χ0) is 14.5. The minimum atomic E-state index is -0.275. The normalized spacial score (nSPS) is 10.9. The zero-order valence-corrected chi connectivity index (χ0v) is 12.2. The van der Waals surface area contributed by atoms with Crippen molar-refractivity contribution in [3.8, 4) is 5.75 Å². The molecule has 0 saturated carbocycles. The van der Waals surface area contributed by atoms with E-state index in [4.69, 9.17) is 4.74 Å². The van der Waals surface area contributed by atoms with E-state index in [1.54, 1.807) is 20.2 Å². The predicted octanol–water partition coefficient (Wildman–Crippen LogP) is 1.56. The first-order valence-electron chi connectivity index (χ1n) is 5.84. The van der Waals surface area contributed by atoms with Gasteiger partial charge in [0, 0.05) is 0 Å². The van der Waals surface area contributed by atoms with Gasteiger partial charge in [-0.2, -0.15) is 9.78 Å². The standard InChI is InChI=1S/C13H14N4O2S/c1-9-12(18)17(13(20-3)16-15-9)14-8-10-5-4-6-11(7-10)19-2/h4-8H,1-3H3/b14-8-. The fourth-order valence-corrected chi connectivity index (χ4v) is 1.94. The second-order valence-corrected chi connectivity index (χ2v) is 4.68. The summed E-state index contributed by atoms with van der Waals surface area (Å²) in [4.78, 5) is 12.0. The van der Waals surface area contributed by atoms with Crippen molar-refractivity contribution in [2.24, 2.45) is 5.10 Å². The molecule has 20 heavy (non-hydrogen) atoms. The SMILES string of the molecule is COc1cccc(/C=N\n2c(SC)nnc(C)c2=O)c1. The van der Waals surface area contributed by atoms with Crippen molar-refractivity contribution in [2.45, 2.75) is 12.1 Å². The molecule has 1 aromatic heterocycles. The maximum atomic E-state index is 12.0. The molecule has 0 aliphatic carbocycles. The van der Waals surface area contributed by atoms with Gasteiger partial charge in [0.15, 0.2) is 0 Å². The van der Waals surface area contributed by atoms with Crippen LogP contribution in [0.3, 0.4) is 0 Å². The maximum absolute atomic E-state index is 12.0. The van der Waals surface area contributed by atoms with Gasteiger partial charge in [0.2, 0.25) is 5.16 Å². The van der Waals surface area contributed by atoms with Gasteiger partial charge in [-0.1, -0.05) is 23.9 Å². The molecule has 0 bridgehead atoms. The number of rotatable bonds is 4. The van der Waals surface area contributed by atoms with E-state index in [-0.39, 0.29) is 5.56 Å². The third-order valence-corrected chi connectivity index (χ3v) is 3.19. The fraction of sp³-hybridized carbons (Fsp3) is 0.231. The van der Waals surface area contributed by atoms with Crippen LogP contribution in [-0.2, 0) is 0 Å². The van der Waals surface area contributed by atoms with E-state index in [2.05, 4.69) is 15.3 Å². The molecule has 0 saturated heterocycles. The van der Waals surface area contributed by atoms with Crippen LogP contribution in [0.1, 0.15) is 11.3 Å². The third kappa shape index (κ3) is 3.05. The first kappa shape index (κ1) is 14.3. The topological polar surface area (TPSA) is 69.4 Å². The van der Waals surface area contributed by atoms with Crippen molar-refractivity contribution in [1.29, 1.82) is 0 Å². The lowest BCUT2D eigenvalue weighted by atomic mass is 10.2. The van der Waals surface area contributed by atoms with Gasteiger partial charge in [-0.05, 0) is 30.9 Å². The zero-order valence-electron chi connectivity index (χ0n) is 11.4. The third-order valence-electron chi connectivity index (χ3n) is 2.57. The quantitative estimate of drug-likeness (QED) is 0.631. The molecule has 104 valence electrons. The van der Waals surface area contributed by atoms with E-state index < -0.39 is 0 Å². The summed E-state index contributed by atoms with van der Waals surface area (Å²) in [5.74, 6) is 0.732. The van der Waals surface area contributed by atoms with Gasteiger partial charge in [0.1, 0.15) is 11.4 Å². The van der Waals surface area contributed by atoms with Crippen LogP contribution < -0.4 is 10.3 Å². The highest BCUT2D eigenvalue weighted by molar-refractivity contribution is 7.98. The van der Waals surface area contributed by atoms with Gasteiger partial charge in [0.05, 0.1) is 13.3 Å². The average Bonchev–Trinajstić information content (AvgIpc) is 2.49. The Morgan fingerprint density at radius 3 is 2.90 bits per heavy atom. The Morgan fingerprint density at radius 1 is 1.40 bits per heavy atom. The van der Waals surface area contributed by atoms with Crippen molar-refractivity contribution in [3.05, 3.63) is 45.9 Å². The van der Waals surface area contributed by atoms with Crippen molar-refractivity contribution in [2.75, 3.05) is 13.4 Å². The lowest BCUT2D eigenvalue weighted by molar-refractivity contribution is 0.414. The minimum absolute atomic E-state index is 0.275. The lowest BCUT2D eigenvalue weighted by Gasteiger charge is -2.04. The number of methoxy groups -OCH3 is 1. The Morgan fingerprint density at radius 2 is 2.20 bits per heavy atom. The summed E-state index contributed by atoms with van der Waals surface area (Å²) in [5.41, 5.74) is 0.867. The summed E-state index contributed by atoms with van der Waals surface area (Å²) < 4.78 is 6.38. The van der Waals surface area contributed by atoms with Gasteiger partial charge in [-0.15, -0.1) is 10.2 Å². The van der Waals surface area contributed by atoms with Gasteiger partial charge in [-0.25, -0.2) is 0 Å². The molecule has 0 unspecified atom stereocenters. The summed E-state index contributed by atoms with van der Waals surface area (Å²) in [6.45, 7) is 1.61. The second kappa shape index (κ2) is 6.33. The number of hydrogen-bond acceptors (Lipinski definition) is 6. The summed E-state index contributed by atoms with van der Waals surface area (Å²) in [7, 11) is 1.60. The number of thioether (sulfide) groups is 1. The average molecular weight is 290 g/mol. The summed E-state index contributed by atoms with van der Waals surface area (Å²) in [6.07, 6.45) is 3.40. The molecule has 0 aliphatic rings. The van der Waals surface area contributed by atoms with Crippen molar-refractivity contribution < 1.29 is 4.74 Å². The van der Waals surface area contributed by atoms with Crippen molar-refractivity contribution in [3.63, 3.8) is 0 Å². The van der Waals surface area contributed by atoms with Crippen LogP contribution >= 0.6 is 11.8 Å². The van der Waals surface area contributed by atoms with E-state index >= 15 is 0 Å². The fourth-order valence-electron chi connectivity index (χ4n) is 1.52. The molecule has 0 aliphatic heterocycles. The van der Waals surface area contributed by atoms with Crippen molar-refractivity contribution in [1.82, 2.24) is 14.9 Å². The van der Waals surface area contributed by atoms with Crippen LogP contribution in [0.5, 0.6) is 5.75 Å². The first-order chi connectivity index (χ1) is 9.65. The molecular weight excluding hydrogens is 276 g/mol. The monoisotopic (exact) mass is 290 g/mol. The number of nitrogens with zero attached hydrogens (tertiary/aromatic N) is 4. The molecule has 6 nitrogen and oxygen atoms in total. The predicted molar refractivity (Wildman–Crippen MR) is 78.8 cm³/mol. The van der Waals surface area contributed by atoms with E-state index in [1.807, 2.05) is 30.5 Å². The van der Waals surface area contributed by atoms with E-state index in [1.165, 1.54) is 16.4 Å². The van der Waals surface area contributed by atoms with E-state index in [0.717, 1.165) is 11.3 Å². The molecule has 2 rings (SSSR count). The van der Waals surface area contributed by atoms with Crippen LogP contribution in [0.4, 0.5) is 0 Å². The van der Waals surface area contributed by atoms with Gasteiger partial charge >= 0.3 is 0 Å². The molecule has 1 heterocycles. The highest BCUT2D eigenvalue weighted by Crippen LogP contribution is 2.11. The Balaban J connectivity index is 2.40. The molecule has 0 N–H and O–H groups in total. The van der Waals surface area contributed by atoms with Gasteiger partial charge < -0.3 is 4.74 Å². The molecule has 0 spiro atoms.